The number of aryl methyl sites for hydroxylation is 1. The molecule has 1 amide bonds. The summed E-state index contributed by atoms with van der Waals surface area (Å²) < 4.78 is 0. The lowest BCUT2D eigenvalue weighted by Gasteiger charge is -2.11. The van der Waals surface area contributed by atoms with E-state index in [4.69, 9.17) is 0 Å². The molecule has 5 nitrogen and oxygen atoms in total. The Labute approximate surface area is 159 Å². The van der Waals surface area contributed by atoms with E-state index in [-0.39, 0.29) is 30.6 Å². The molecule has 0 bridgehead atoms. The molecule has 1 atom stereocenters. The van der Waals surface area contributed by atoms with Gasteiger partial charge in [-0.25, -0.2) is 4.98 Å². The maximum atomic E-state index is 12.3. The zero-order valence-electron chi connectivity index (χ0n) is 15.8. The Morgan fingerprint density at radius 3 is 2.52 bits per heavy atom. The molecular formula is C22H25N3O2. The van der Waals surface area contributed by atoms with Crippen LogP contribution in [0.5, 0.6) is 0 Å². The largest absolute Gasteiger partial charge is 0.346 e. The summed E-state index contributed by atoms with van der Waals surface area (Å²) in [5.41, 5.74) is 3.70. The van der Waals surface area contributed by atoms with E-state index >= 15 is 0 Å². The summed E-state index contributed by atoms with van der Waals surface area (Å²) >= 11 is 0. The van der Waals surface area contributed by atoms with Gasteiger partial charge in [0.2, 0.25) is 5.91 Å². The molecule has 0 aliphatic carbocycles. The lowest BCUT2D eigenvalue weighted by molar-refractivity contribution is -0.121. The third-order valence-electron chi connectivity index (χ3n) is 4.59. The number of aromatic amines is 1. The number of rotatable bonds is 8. The molecule has 3 rings (SSSR count). The van der Waals surface area contributed by atoms with Crippen molar-refractivity contribution < 1.29 is 9.59 Å². The van der Waals surface area contributed by atoms with Crippen LogP contribution in [0.25, 0.3) is 11.0 Å². The molecule has 27 heavy (non-hydrogen) atoms. The van der Waals surface area contributed by atoms with Gasteiger partial charge in [0.15, 0.2) is 5.78 Å². The van der Waals surface area contributed by atoms with Crippen molar-refractivity contribution in [2.75, 3.05) is 0 Å². The van der Waals surface area contributed by atoms with Gasteiger partial charge < -0.3 is 10.3 Å². The number of H-pyrrole nitrogens is 1. The van der Waals surface area contributed by atoms with Crippen LogP contribution in [0.1, 0.15) is 60.9 Å². The van der Waals surface area contributed by atoms with E-state index in [0.29, 0.717) is 11.4 Å². The number of carbonyl (C=O) groups excluding carboxylic acids is 2. The van der Waals surface area contributed by atoms with Crippen LogP contribution in [0, 0.1) is 0 Å². The highest BCUT2D eigenvalue weighted by atomic mass is 16.2. The maximum absolute atomic E-state index is 12.3. The molecule has 140 valence electrons. The minimum absolute atomic E-state index is 0.00964. The molecule has 5 heteroatoms. The number of benzene rings is 2. The Hall–Kier alpha value is -2.95. The van der Waals surface area contributed by atoms with E-state index in [1.54, 1.807) is 0 Å². The Bertz CT molecular complexity index is 895. The van der Waals surface area contributed by atoms with E-state index in [0.717, 1.165) is 23.9 Å². The smallest absolute Gasteiger partial charge is 0.221 e. The summed E-state index contributed by atoms with van der Waals surface area (Å²) in [6, 6.07) is 15.2. The zero-order chi connectivity index (χ0) is 19.2. The molecule has 0 radical (unpaired) electrons. The molecule has 0 aliphatic rings. The number of carbonyl (C=O) groups is 2. The van der Waals surface area contributed by atoms with E-state index in [2.05, 4.69) is 22.2 Å². The molecule has 0 fully saturated rings. The van der Waals surface area contributed by atoms with Crippen LogP contribution in [0.3, 0.4) is 0 Å². The number of nitrogens with one attached hydrogen (secondary N) is 2. The second-order valence-electron chi connectivity index (χ2n) is 6.80. The highest BCUT2D eigenvalue weighted by molar-refractivity contribution is 5.98. The second-order valence-corrected chi connectivity index (χ2v) is 6.80. The molecule has 3 aromatic rings. The molecule has 2 aromatic carbocycles. The molecule has 1 heterocycles. The zero-order valence-corrected chi connectivity index (χ0v) is 15.8. The van der Waals surface area contributed by atoms with Crippen molar-refractivity contribution in [1.82, 2.24) is 15.3 Å². The normalized spacial score (nSPS) is 12.1. The summed E-state index contributed by atoms with van der Waals surface area (Å²) in [7, 11) is 0. The minimum Gasteiger partial charge on any atom is -0.346 e. The number of hydrogen-bond donors (Lipinski definition) is 2. The summed E-state index contributed by atoms with van der Waals surface area (Å²) in [5.74, 6) is 0.547. The summed E-state index contributed by atoms with van der Waals surface area (Å²) in [5, 5.41) is 2.90. The van der Waals surface area contributed by atoms with Gasteiger partial charge in [-0.3, -0.25) is 9.59 Å². The molecule has 1 unspecified atom stereocenters. The summed E-state index contributed by atoms with van der Waals surface area (Å²) in [6.45, 7) is 4.01. The van der Waals surface area contributed by atoms with Crippen LogP contribution < -0.4 is 5.32 Å². The standard InChI is InChI=1S/C22H25N3O2/c1-3-6-16-9-11-17(12-10-16)20(26)13-14-21(27)23-15(2)22-24-18-7-4-5-8-19(18)25-22/h4-5,7-12,15H,3,6,13-14H2,1-2H3,(H,23,27)(H,24,25). The van der Waals surface area contributed by atoms with Gasteiger partial charge in [0, 0.05) is 18.4 Å². The van der Waals surface area contributed by atoms with Gasteiger partial charge in [-0.1, -0.05) is 49.7 Å². The van der Waals surface area contributed by atoms with Crippen LogP contribution in [0.15, 0.2) is 48.5 Å². The average molecular weight is 363 g/mol. The highest BCUT2D eigenvalue weighted by Crippen LogP contribution is 2.16. The van der Waals surface area contributed by atoms with Gasteiger partial charge in [-0.05, 0) is 31.0 Å². The van der Waals surface area contributed by atoms with E-state index in [9.17, 15) is 9.59 Å². The number of fused-ring (bicyclic) bond motifs is 1. The van der Waals surface area contributed by atoms with Crippen LogP contribution in [-0.4, -0.2) is 21.7 Å². The first-order valence-electron chi connectivity index (χ1n) is 9.43. The molecule has 0 saturated carbocycles. The number of amides is 1. The first-order chi connectivity index (χ1) is 13.1. The van der Waals surface area contributed by atoms with Crippen molar-refractivity contribution in [3.63, 3.8) is 0 Å². The number of nitrogens with zero attached hydrogens (tertiary/aromatic N) is 1. The fourth-order valence-electron chi connectivity index (χ4n) is 3.08. The van der Waals surface area contributed by atoms with Crippen LogP contribution in [0.4, 0.5) is 0 Å². The summed E-state index contributed by atoms with van der Waals surface area (Å²) in [6.07, 6.45) is 2.46. The van der Waals surface area contributed by atoms with Crippen molar-refractivity contribution in [2.45, 2.75) is 45.6 Å². The lowest BCUT2D eigenvalue weighted by Crippen LogP contribution is -2.27. The monoisotopic (exact) mass is 363 g/mol. The number of para-hydroxylation sites is 2. The van der Waals surface area contributed by atoms with E-state index in [1.165, 1.54) is 5.56 Å². The third kappa shape index (κ3) is 4.82. The quantitative estimate of drug-likeness (QED) is 0.584. The first-order valence-corrected chi connectivity index (χ1v) is 9.43. The fraction of sp³-hybridized carbons (Fsp3) is 0.318. The number of imidazole rings is 1. The van der Waals surface area contributed by atoms with Crippen molar-refractivity contribution in [1.29, 1.82) is 0 Å². The average Bonchev–Trinajstić information content (AvgIpc) is 3.11. The number of ketones is 1. The van der Waals surface area contributed by atoms with Crippen LogP contribution in [0.2, 0.25) is 0 Å². The van der Waals surface area contributed by atoms with Gasteiger partial charge in [0.25, 0.3) is 0 Å². The fourth-order valence-corrected chi connectivity index (χ4v) is 3.08. The topological polar surface area (TPSA) is 74.8 Å². The Morgan fingerprint density at radius 2 is 1.81 bits per heavy atom. The maximum Gasteiger partial charge on any atom is 0.221 e. The van der Waals surface area contributed by atoms with Gasteiger partial charge in [-0.2, -0.15) is 0 Å². The minimum atomic E-state index is -0.242. The van der Waals surface area contributed by atoms with Gasteiger partial charge in [0.1, 0.15) is 5.82 Å². The number of aromatic nitrogens is 2. The highest BCUT2D eigenvalue weighted by Gasteiger charge is 2.15. The van der Waals surface area contributed by atoms with E-state index < -0.39 is 0 Å². The molecule has 0 aliphatic heterocycles. The predicted octanol–water partition coefficient (Wildman–Crippen LogP) is 4.36. The molecular weight excluding hydrogens is 338 g/mol. The van der Waals surface area contributed by atoms with Crippen molar-refractivity contribution in [2.24, 2.45) is 0 Å². The summed E-state index contributed by atoms with van der Waals surface area (Å²) in [4.78, 5) is 32.2. The van der Waals surface area contributed by atoms with Crippen LogP contribution >= 0.6 is 0 Å². The van der Waals surface area contributed by atoms with Gasteiger partial charge in [-0.15, -0.1) is 0 Å². The number of Topliss-reactive ketones (excluding diaryl/α,β-unsaturated/α-hetero) is 1. The Balaban J connectivity index is 1.51. The number of hydrogen-bond acceptors (Lipinski definition) is 3. The van der Waals surface area contributed by atoms with Gasteiger partial charge in [0.05, 0.1) is 17.1 Å². The Kier molecular flexibility index (Phi) is 6.01. The molecule has 1 aromatic heterocycles. The van der Waals surface area contributed by atoms with Gasteiger partial charge >= 0.3 is 0 Å². The van der Waals surface area contributed by atoms with Crippen molar-refractivity contribution in [3.8, 4) is 0 Å². The van der Waals surface area contributed by atoms with E-state index in [1.807, 2.05) is 55.5 Å². The van der Waals surface area contributed by atoms with Crippen molar-refractivity contribution in [3.05, 3.63) is 65.5 Å². The second kappa shape index (κ2) is 8.62. The molecule has 0 spiro atoms. The predicted molar refractivity (Wildman–Crippen MR) is 107 cm³/mol. The van der Waals surface area contributed by atoms with Crippen molar-refractivity contribution >= 4 is 22.7 Å². The molecule has 2 N–H and O–H groups in total. The Morgan fingerprint density at radius 1 is 1.07 bits per heavy atom. The molecule has 0 saturated heterocycles. The lowest BCUT2D eigenvalue weighted by atomic mass is 10.0. The third-order valence-corrected chi connectivity index (χ3v) is 4.59. The SMILES string of the molecule is CCCc1ccc(C(=O)CCC(=O)NC(C)c2nc3ccccc3[nH]2)cc1. The van der Waals surface area contributed by atoms with Crippen LogP contribution in [-0.2, 0) is 11.2 Å². The first kappa shape index (κ1) is 18.8.